The van der Waals surface area contributed by atoms with Gasteiger partial charge in [-0.25, -0.2) is 4.39 Å². The number of aromatic nitrogens is 1. The molecule has 6 heteroatoms. The summed E-state index contributed by atoms with van der Waals surface area (Å²) < 4.78 is 14.7. The van der Waals surface area contributed by atoms with Gasteiger partial charge in [0.05, 0.1) is 11.1 Å². The maximum absolute atomic E-state index is 14.0. The molecule has 2 aromatic carbocycles. The average Bonchev–Trinajstić information content (AvgIpc) is 3.07. The third kappa shape index (κ3) is 3.04. The summed E-state index contributed by atoms with van der Waals surface area (Å²) in [7, 11) is 0. The monoisotopic (exact) mass is 416 g/mol. The minimum Gasteiger partial charge on any atom is -0.385 e. The number of rotatable bonds is 2. The topological polar surface area (TPSA) is 56.3 Å². The van der Waals surface area contributed by atoms with Crippen molar-refractivity contribution in [2.45, 2.75) is 18.4 Å². The molecule has 1 aliphatic heterocycles. The molecule has 4 nitrogen and oxygen atoms in total. The van der Waals surface area contributed by atoms with E-state index in [1.807, 2.05) is 30.3 Å². The molecule has 0 aliphatic carbocycles. The number of halogens is 2. The van der Waals surface area contributed by atoms with Crippen LogP contribution in [-0.2, 0) is 5.60 Å². The second-order valence-corrected chi connectivity index (χ2v) is 7.64. The number of likely N-dealkylation sites (tertiary alicyclic amines) is 1. The fourth-order valence-corrected chi connectivity index (χ4v) is 3.99. The molecular weight excluding hydrogens is 399 g/mol. The third-order valence-corrected chi connectivity index (χ3v) is 5.53. The number of piperidine rings is 1. The Hall–Kier alpha value is -2.18. The highest BCUT2D eigenvalue weighted by Crippen LogP contribution is 2.33. The number of hydrogen-bond acceptors (Lipinski definition) is 2. The second-order valence-electron chi connectivity index (χ2n) is 6.72. The van der Waals surface area contributed by atoms with E-state index in [0.29, 0.717) is 47.0 Å². The molecule has 2 heterocycles. The summed E-state index contributed by atoms with van der Waals surface area (Å²) in [5, 5.41) is 11.3. The lowest BCUT2D eigenvalue weighted by Gasteiger charge is -2.38. The fraction of sp³-hybridized carbons (Fsp3) is 0.250. The fourth-order valence-electron chi connectivity index (χ4n) is 3.56. The highest BCUT2D eigenvalue weighted by Gasteiger charge is 2.35. The molecule has 134 valence electrons. The zero-order chi connectivity index (χ0) is 18.3. The van der Waals surface area contributed by atoms with E-state index >= 15 is 0 Å². The first kappa shape index (κ1) is 17.2. The minimum atomic E-state index is -0.907. The number of nitrogens with zero attached hydrogens (tertiary/aromatic N) is 1. The Morgan fingerprint density at radius 1 is 1.15 bits per heavy atom. The molecule has 4 rings (SSSR count). The zero-order valence-corrected chi connectivity index (χ0v) is 15.6. The molecule has 0 atom stereocenters. The van der Waals surface area contributed by atoms with Gasteiger partial charge in [0.15, 0.2) is 0 Å². The maximum Gasteiger partial charge on any atom is 0.270 e. The predicted octanol–water partition coefficient (Wildman–Crippen LogP) is 4.19. The van der Waals surface area contributed by atoms with Crippen LogP contribution in [0.15, 0.2) is 53.0 Å². The number of fused-ring (bicyclic) bond motifs is 1. The van der Waals surface area contributed by atoms with Crippen molar-refractivity contribution in [2.24, 2.45) is 0 Å². The van der Waals surface area contributed by atoms with Crippen molar-refractivity contribution in [2.75, 3.05) is 13.1 Å². The number of aromatic amines is 1. The number of carbonyl (C=O) groups excluding carboxylic acids is 1. The molecule has 1 aromatic heterocycles. The van der Waals surface area contributed by atoms with Crippen LogP contribution in [0.4, 0.5) is 4.39 Å². The second kappa shape index (κ2) is 6.52. The van der Waals surface area contributed by atoms with Crippen molar-refractivity contribution in [3.05, 3.63) is 70.1 Å². The summed E-state index contributed by atoms with van der Waals surface area (Å²) >= 11 is 3.26. The van der Waals surface area contributed by atoms with E-state index in [1.165, 1.54) is 6.07 Å². The molecular formula is C20H18BrFN2O2. The van der Waals surface area contributed by atoms with E-state index in [-0.39, 0.29) is 11.7 Å². The molecule has 3 aromatic rings. The maximum atomic E-state index is 14.0. The van der Waals surface area contributed by atoms with Crippen LogP contribution in [-0.4, -0.2) is 34.0 Å². The number of aliphatic hydroxyl groups is 1. The highest BCUT2D eigenvalue weighted by atomic mass is 79.9. The summed E-state index contributed by atoms with van der Waals surface area (Å²) in [4.78, 5) is 17.5. The van der Waals surface area contributed by atoms with E-state index < -0.39 is 5.60 Å². The first-order valence-electron chi connectivity index (χ1n) is 8.51. The molecule has 1 saturated heterocycles. The van der Waals surface area contributed by atoms with Crippen molar-refractivity contribution >= 4 is 32.7 Å². The lowest BCUT2D eigenvalue weighted by Crippen LogP contribution is -2.45. The average molecular weight is 417 g/mol. The Balaban J connectivity index is 1.53. The van der Waals surface area contributed by atoms with Crippen LogP contribution < -0.4 is 0 Å². The number of amides is 1. The van der Waals surface area contributed by atoms with E-state index in [2.05, 4.69) is 20.9 Å². The number of nitrogens with one attached hydrogen (secondary N) is 1. The van der Waals surface area contributed by atoms with Gasteiger partial charge in [-0.05, 0) is 36.6 Å². The van der Waals surface area contributed by atoms with Gasteiger partial charge in [-0.3, -0.25) is 4.79 Å². The molecule has 0 unspecified atom stereocenters. The summed E-state index contributed by atoms with van der Waals surface area (Å²) in [5.41, 5.74) is 0.917. The number of hydrogen-bond donors (Lipinski definition) is 2. The van der Waals surface area contributed by atoms with Crippen LogP contribution in [0.1, 0.15) is 28.9 Å². The number of carbonyl (C=O) groups is 1. The molecule has 0 saturated carbocycles. The smallest absolute Gasteiger partial charge is 0.270 e. The van der Waals surface area contributed by atoms with Gasteiger partial charge < -0.3 is 15.0 Å². The van der Waals surface area contributed by atoms with Gasteiger partial charge in [0.1, 0.15) is 11.5 Å². The Morgan fingerprint density at radius 3 is 2.54 bits per heavy atom. The van der Waals surface area contributed by atoms with E-state index in [4.69, 9.17) is 0 Å². The lowest BCUT2D eigenvalue weighted by molar-refractivity contribution is -0.0212. The molecule has 0 radical (unpaired) electrons. The van der Waals surface area contributed by atoms with Crippen LogP contribution in [0, 0.1) is 5.82 Å². The van der Waals surface area contributed by atoms with Gasteiger partial charge in [-0.2, -0.15) is 0 Å². The van der Waals surface area contributed by atoms with Gasteiger partial charge in [-0.1, -0.05) is 46.3 Å². The summed E-state index contributed by atoms with van der Waals surface area (Å²) in [6.45, 7) is 0.900. The normalized spacial score (nSPS) is 16.8. The minimum absolute atomic E-state index is 0.174. The van der Waals surface area contributed by atoms with Gasteiger partial charge in [0.2, 0.25) is 0 Å². The Labute approximate surface area is 158 Å². The molecule has 0 bridgehead atoms. The molecule has 1 aliphatic rings. The largest absolute Gasteiger partial charge is 0.385 e. The first-order chi connectivity index (χ1) is 12.5. The predicted molar refractivity (Wildman–Crippen MR) is 101 cm³/mol. The van der Waals surface area contributed by atoms with Crippen LogP contribution in [0.25, 0.3) is 10.9 Å². The van der Waals surface area contributed by atoms with Crippen molar-refractivity contribution in [3.63, 3.8) is 0 Å². The Bertz CT molecular complexity index is 963. The van der Waals surface area contributed by atoms with Crippen molar-refractivity contribution in [3.8, 4) is 0 Å². The SMILES string of the molecule is O=C(c1cc2c(F)cc(Br)cc2[nH]1)N1CCC(O)(c2ccccc2)CC1. The van der Waals surface area contributed by atoms with Gasteiger partial charge in [0.25, 0.3) is 5.91 Å². The molecule has 2 N–H and O–H groups in total. The first-order valence-corrected chi connectivity index (χ1v) is 9.30. The van der Waals surface area contributed by atoms with Crippen molar-refractivity contribution < 1.29 is 14.3 Å². The lowest BCUT2D eigenvalue weighted by atomic mass is 9.84. The Morgan fingerprint density at radius 2 is 1.85 bits per heavy atom. The third-order valence-electron chi connectivity index (χ3n) is 5.07. The molecule has 0 spiro atoms. The van der Waals surface area contributed by atoms with Gasteiger partial charge in [0, 0.05) is 22.9 Å². The van der Waals surface area contributed by atoms with Crippen LogP contribution >= 0.6 is 15.9 Å². The summed E-state index contributed by atoms with van der Waals surface area (Å²) in [5.74, 6) is -0.548. The summed E-state index contributed by atoms with van der Waals surface area (Å²) in [6, 6.07) is 14.2. The van der Waals surface area contributed by atoms with E-state index in [1.54, 1.807) is 17.0 Å². The van der Waals surface area contributed by atoms with Gasteiger partial charge >= 0.3 is 0 Å². The van der Waals surface area contributed by atoms with Crippen LogP contribution in [0.2, 0.25) is 0 Å². The van der Waals surface area contributed by atoms with Crippen LogP contribution in [0.3, 0.4) is 0 Å². The van der Waals surface area contributed by atoms with Crippen molar-refractivity contribution in [1.29, 1.82) is 0 Å². The van der Waals surface area contributed by atoms with E-state index in [9.17, 15) is 14.3 Å². The molecule has 1 fully saturated rings. The van der Waals surface area contributed by atoms with Crippen molar-refractivity contribution in [1.82, 2.24) is 9.88 Å². The Kier molecular flexibility index (Phi) is 4.32. The highest BCUT2D eigenvalue weighted by molar-refractivity contribution is 9.10. The molecule has 1 amide bonds. The molecule has 26 heavy (non-hydrogen) atoms. The van der Waals surface area contributed by atoms with Gasteiger partial charge in [-0.15, -0.1) is 0 Å². The zero-order valence-electron chi connectivity index (χ0n) is 14.0. The number of H-pyrrole nitrogens is 1. The van der Waals surface area contributed by atoms with Crippen LogP contribution in [0.5, 0.6) is 0 Å². The summed E-state index contributed by atoms with van der Waals surface area (Å²) in [6.07, 6.45) is 0.950. The standard InChI is InChI=1S/C20H18BrFN2O2/c21-14-10-16(22)15-12-18(23-17(15)11-14)19(25)24-8-6-20(26,7-9-24)13-4-2-1-3-5-13/h1-5,10-12,23,26H,6-9H2. The van der Waals surface area contributed by atoms with E-state index in [0.717, 1.165) is 5.56 Å². The quantitative estimate of drug-likeness (QED) is 0.657. The number of benzene rings is 2.